The van der Waals surface area contributed by atoms with Crippen LogP contribution < -0.4 is 15.0 Å². The number of ether oxygens (including phenoxy) is 1. The van der Waals surface area contributed by atoms with Crippen LogP contribution in [-0.2, 0) is 6.54 Å². The Balaban J connectivity index is 1.78. The molecule has 2 aromatic carbocycles. The van der Waals surface area contributed by atoms with Gasteiger partial charge in [-0.15, -0.1) is 0 Å². The normalized spacial score (nSPS) is 11.3. The molecule has 2 heterocycles. The molecule has 0 saturated carbocycles. The van der Waals surface area contributed by atoms with Gasteiger partial charge in [-0.25, -0.2) is 4.98 Å². The zero-order valence-electron chi connectivity index (χ0n) is 17.4. The Morgan fingerprint density at radius 1 is 1.03 bits per heavy atom. The number of pyridine rings is 2. The molecule has 0 aliphatic carbocycles. The van der Waals surface area contributed by atoms with Crippen molar-refractivity contribution in [3.05, 3.63) is 89.7 Å². The molecule has 0 saturated heterocycles. The van der Waals surface area contributed by atoms with E-state index < -0.39 is 0 Å². The third-order valence-corrected chi connectivity index (χ3v) is 5.20. The summed E-state index contributed by atoms with van der Waals surface area (Å²) in [4.78, 5) is 4.57. The summed E-state index contributed by atoms with van der Waals surface area (Å²) in [5.41, 5.74) is 11.2. The number of methoxy groups -OCH3 is 1. The Morgan fingerprint density at radius 3 is 2.70 bits per heavy atom. The van der Waals surface area contributed by atoms with Crippen LogP contribution in [0.2, 0.25) is 0 Å². The van der Waals surface area contributed by atoms with Gasteiger partial charge in [-0.3, -0.25) is 0 Å². The standard InChI is InChI=1S/C26H26N3O/c1-19-11-14-28-24(17-19)25-18-20(12-15-29(25)16-13-27)7-9-23-22-6-4-3-5-21(22)8-10-26(23)30-2/h3-12,14-15,17-18H,13,16,27H2,1-2H3/q+1/b9-7+. The van der Waals surface area contributed by atoms with Gasteiger partial charge < -0.3 is 10.5 Å². The summed E-state index contributed by atoms with van der Waals surface area (Å²) >= 11 is 0. The molecular formula is C26H26N3O+. The smallest absolute Gasteiger partial charge is 0.231 e. The highest BCUT2D eigenvalue weighted by Gasteiger charge is 2.15. The average molecular weight is 397 g/mol. The van der Waals surface area contributed by atoms with Crippen molar-refractivity contribution >= 4 is 22.9 Å². The van der Waals surface area contributed by atoms with Gasteiger partial charge in [0.1, 0.15) is 11.4 Å². The monoisotopic (exact) mass is 396 g/mol. The first-order valence-corrected chi connectivity index (χ1v) is 10.1. The topological polar surface area (TPSA) is 52.0 Å². The summed E-state index contributed by atoms with van der Waals surface area (Å²) in [6.07, 6.45) is 8.17. The Morgan fingerprint density at radius 2 is 1.90 bits per heavy atom. The van der Waals surface area contributed by atoms with Gasteiger partial charge in [-0.05, 0) is 47.0 Å². The number of hydrogen-bond donors (Lipinski definition) is 1. The lowest BCUT2D eigenvalue weighted by molar-refractivity contribution is -0.683. The second kappa shape index (κ2) is 8.89. The summed E-state index contributed by atoms with van der Waals surface area (Å²) in [6, 6.07) is 20.8. The molecule has 0 atom stereocenters. The first kappa shape index (κ1) is 19.8. The largest absolute Gasteiger partial charge is 0.496 e. The van der Waals surface area contributed by atoms with Crippen LogP contribution in [0.4, 0.5) is 0 Å². The maximum atomic E-state index is 5.83. The molecule has 0 aliphatic heterocycles. The van der Waals surface area contributed by atoms with E-state index in [9.17, 15) is 0 Å². The zero-order valence-corrected chi connectivity index (χ0v) is 17.4. The summed E-state index contributed by atoms with van der Waals surface area (Å²) in [6.45, 7) is 3.40. The van der Waals surface area contributed by atoms with Gasteiger partial charge in [0, 0.05) is 23.9 Å². The van der Waals surface area contributed by atoms with Gasteiger partial charge in [0.2, 0.25) is 5.69 Å². The first-order valence-electron chi connectivity index (χ1n) is 10.1. The Hall–Kier alpha value is -3.50. The van der Waals surface area contributed by atoms with Gasteiger partial charge >= 0.3 is 0 Å². The maximum absolute atomic E-state index is 5.83. The molecule has 2 aromatic heterocycles. The van der Waals surface area contributed by atoms with E-state index in [1.807, 2.05) is 18.3 Å². The Kier molecular flexibility index (Phi) is 5.87. The highest BCUT2D eigenvalue weighted by Crippen LogP contribution is 2.30. The third-order valence-electron chi connectivity index (χ3n) is 5.20. The molecule has 2 N–H and O–H groups in total. The molecule has 4 nitrogen and oxygen atoms in total. The van der Waals surface area contributed by atoms with Crippen LogP contribution in [0.5, 0.6) is 5.75 Å². The predicted molar refractivity (Wildman–Crippen MR) is 123 cm³/mol. The molecule has 4 aromatic rings. The van der Waals surface area contributed by atoms with E-state index in [0.29, 0.717) is 6.54 Å². The molecule has 0 fully saturated rings. The second-order valence-electron chi connectivity index (χ2n) is 7.28. The van der Waals surface area contributed by atoms with E-state index in [2.05, 4.69) is 83.4 Å². The van der Waals surface area contributed by atoms with Crippen molar-refractivity contribution in [1.29, 1.82) is 0 Å². The summed E-state index contributed by atoms with van der Waals surface area (Å²) in [5.74, 6) is 0.861. The number of fused-ring (bicyclic) bond motifs is 1. The number of rotatable bonds is 6. The van der Waals surface area contributed by atoms with Crippen molar-refractivity contribution in [2.45, 2.75) is 13.5 Å². The van der Waals surface area contributed by atoms with E-state index in [4.69, 9.17) is 10.5 Å². The lowest BCUT2D eigenvalue weighted by Gasteiger charge is -2.09. The molecule has 0 radical (unpaired) electrons. The molecule has 0 aliphatic rings. The zero-order chi connectivity index (χ0) is 20.9. The third kappa shape index (κ3) is 4.09. The lowest BCUT2D eigenvalue weighted by atomic mass is 10.0. The van der Waals surface area contributed by atoms with Crippen LogP contribution >= 0.6 is 0 Å². The molecule has 0 bridgehead atoms. The highest BCUT2D eigenvalue weighted by atomic mass is 16.5. The predicted octanol–water partition coefficient (Wildman–Crippen LogP) is 4.64. The fourth-order valence-corrected chi connectivity index (χ4v) is 3.69. The second-order valence-corrected chi connectivity index (χ2v) is 7.28. The fourth-order valence-electron chi connectivity index (χ4n) is 3.69. The minimum absolute atomic E-state index is 0.575. The van der Waals surface area contributed by atoms with Gasteiger partial charge in [0.15, 0.2) is 12.7 Å². The number of aryl methyl sites for hydroxylation is 1. The molecule has 150 valence electrons. The van der Waals surface area contributed by atoms with E-state index >= 15 is 0 Å². The minimum atomic E-state index is 0.575. The SMILES string of the molecule is COc1ccc2ccccc2c1/C=C/c1cc[n+](CCN)c(-c2cc(C)ccn2)c1. The summed E-state index contributed by atoms with van der Waals surface area (Å²) in [7, 11) is 1.71. The number of nitrogens with zero attached hydrogens (tertiary/aromatic N) is 2. The van der Waals surface area contributed by atoms with Crippen LogP contribution in [0.1, 0.15) is 16.7 Å². The lowest BCUT2D eigenvalue weighted by Crippen LogP contribution is -2.39. The quantitative estimate of drug-likeness (QED) is 0.483. The number of hydrogen-bond acceptors (Lipinski definition) is 3. The van der Waals surface area contributed by atoms with Crippen LogP contribution in [0, 0.1) is 6.92 Å². The molecule has 30 heavy (non-hydrogen) atoms. The van der Waals surface area contributed by atoms with Crippen LogP contribution in [-0.4, -0.2) is 18.6 Å². The fraction of sp³-hybridized carbons (Fsp3) is 0.154. The van der Waals surface area contributed by atoms with Crippen molar-refractivity contribution in [2.75, 3.05) is 13.7 Å². The molecule has 4 rings (SSSR count). The summed E-state index contributed by atoms with van der Waals surface area (Å²) in [5, 5.41) is 2.36. The van der Waals surface area contributed by atoms with Crippen LogP contribution in [0.3, 0.4) is 0 Å². The van der Waals surface area contributed by atoms with Crippen LogP contribution in [0.25, 0.3) is 34.3 Å². The minimum Gasteiger partial charge on any atom is -0.496 e. The highest BCUT2D eigenvalue weighted by molar-refractivity contribution is 5.95. The average Bonchev–Trinajstić information content (AvgIpc) is 2.78. The van der Waals surface area contributed by atoms with E-state index in [0.717, 1.165) is 34.8 Å². The van der Waals surface area contributed by atoms with Crippen LogP contribution in [0.15, 0.2) is 73.1 Å². The van der Waals surface area contributed by atoms with E-state index in [-0.39, 0.29) is 0 Å². The number of benzene rings is 2. The van der Waals surface area contributed by atoms with Gasteiger partial charge in [0.05, 0.1) is 13.7 Å². The maximum Gasteiger partial charge on any atom is 0.231 e. The molecule has 0 spiro atoms. The molecule has 0 amide bonds. The Bertz CT molecular complexity index is 1210. The van der Waals surface area contributed by atoms with Gasteiger partial charge in [-0.2, -0.15) is 4.57 Å². The molecule has 4 heteroatoms. The van der Waals surface area contributed by atoms with Crippen molar-refractivity contribution in [2.24, 2.45) is 5.73 Å². The van der Waals surface area contributed by atoms with Gasteiger partial charge in [0.25, 0.3) is 0 Å². The van der Waals surface area contributed by atoms with E-state index in [1.165, 1.54) is 16.3 Å². The van der Waals surface area contributed by atoms with E-state index in [1.54, 1.807) is 7.11 Å². The van der Waals surface area contributed by atoms with Crippen molar-refractivity contribution in [1.82, 2.24) is 4.98 Å². The van der Waals surface area contributed by atoms with Gasteiger partial charge in [-0.1, -0.05) is 42.5 Å². The first-order chi connectivity index (χ1) is 14.7. The van der Waals surface area contributed by atoms with Crippen molar-refractivity contribution in [3.8, 4) is 17.1 Å². The molecular weight excluding hydrogens is 370 g/mol. The summed E-state index contributed by atoms with van der Waals surface area (Å²) < 4.78 is 7.77. The van der Waals surface area contributed by atoms with Crippen molar-refractivity contribution < 1.29 is 9.30 Å². The number of aromatic nitrogens is 2. The molecule has 0 unspecified atom stereocenters. The van der Waals surface area contributed by atoms with Crippen molar-refractivity contribution in [3.63, 3.8) is 0 Å². The Labute approximate surface area is 177 Å². The number of nitrogens with two attached hydrogens (primary N) is 1.